The van der Waals surface area contributed by atoms with E-state index in [1.54, 1.807) is 29.5 Å². The second-order valence-electron chi connectivity index (χ2n) is 6.94. The molecule has 2 N–H and O–H groups in total. The predicted molar refractivity (Wildman–Crippen MR) is 92.9 cm³/mol. The summed E-state index contributed by atoms with van der Waals surface area (Å²) in [6.45, 7) is -1.14. The molecule has 1 aromatic carbocycles. The molecule has 1 aromatic heterocycles. The Bertz CT molecular complexity index is 910. The largest absolute Gasteiger partial charge is 0.481 e. The summed E-state index contributed by atoms with van der Waals surface area (Å²) in [6.07, 6.45) is -2.41. The zero-order valence-electron chi connectivity index (χ0n) is 14.0. The quantitative estimate of drug-likeness (QED) is 0.820. The Morgan fingerprint density at radius 2 is 2.00 bits per heavy atom. The van der Waals surface area contributed by atoms with Crippen LogP contribution in [0.3, 0.4) is 0 Å². The van der Waals surface area contributed by atoms with E-state index in [9.17, 15) is 22.8 Å². The van der Waals surface area contributed by atoms with Crippen LogP contribution in [0.2, 0.25) is 0 Å². The number of nitrogens with one attached hydrogen (secondary N) is 1. The zero-order valence-corrected chi connectivity index (χ0v) is 14.8. The number of carbonyl (C=O) groups is 2. The summed E-state index contributed by atoms with van der Waals surface area (Å²) in [4.78, 5) is 28.9. The third-order valence-corrected chi connectivity index (χ3v) is 6.11. The van der Waals surface area contributed by atoms with Gasteiger partial charge >= 0.3 is 18.2 Å². The number of benzene rings is 1. The third-order valence-electron chi connectivity index (χ3n) is 4.93. The number of hydrogen-bond acceptors (Lipinski definition) is 4. The van der Waals surface area contributed by atoms with Gasteiger partial charge in [-0.2, -0.15) is 13.2 Å². The number of fused-ring (bicyclic) bond motifs is 1. The van der Waals surface area contributed by atoms with Gasteiger partial charge in [0.1, 0.15) is 0 Å². The first-order valence-electron chi connectivity index (χ1n) is 8.48. The summed E-state index contributed by atoms with van der Waals surface area (Å²) < 4.78 is 40.1. The number of carboxylic acid groups (broad SMARTS) is 1. The molecule has 1 aliphatic heterocycles. The maximum atomic E-state index is 13.1. The van der Waals surface area contributed by atoms with Crippen molar-refractivity contribution in [2.75, 3.05) is 18.4 Å². The van der Waals surface area contributed by atoms with Crippen molar-refractivity contribution in [2.45, 2.75) is 24.9 Å². The number of aliphatic carboxylic acids is 1. The van der Waals surface area contributed by atoms with Crippen molar-refractivity contribution in [3.05, 3.63) is 23.2 Å². The number of carbonyl (C=O) groups excluding carboxylic acids is 1. The molecular formula is C17H16F3N3O3S. The minimum atomic E-state index is -4.67. The second kappa shape index (κ2) is 6.36. The molecule has 2 aliphatic rings. The first kappa shape index (κ1) is 18.0. The first-order chi connectivity index (χ1) is 12.7. The van der Waals surface area contributed by atoms with Crippen LogP contribution < -0.4 is 5.32 Å². The summed E-state index contributed by atoms with van der Waals surface area (Å²) >= 11 is 1.55. The number of urea groups is 1. The molecule has 1 aliphatic carbocycles. The number of hydrogen-bond donors (Lipinski definition) is 2. The Morgan fingerprint density at radius 1 is 1.26 bits per heavy atom. The Balaban J connectivity index is 1.48. The van der Waals surface area contributed by atoms with Crippen LogP contribution in [-0.4, -0.2) is 46.3 Å². The number of likely N-dealkylation sites (tertiary alicyclic amines) is 1. The highest BCUT2D eigenvalue weighted by Crippen LogP contribution is 2.43. The molecule has 2 atom stereocenters. The van der Waals surface area contributed by atoms with E-state index in [4.69, 9.17) is 5.11 Å². The molecule has 2 fully saturated rings. The Hall–Kier alpha value is -2.36. The lowest BCUT2D eigenvalue weighted by Crippen LogP contribution is -2.35. The summed E-state index contributed by atoms with van der Waals surface area (Å²) in [6, 6.07) is 4.40. The molecule has 4 rings (SSSR count). The normalized spacial score (nSPS) is 23.0. The maximum Gasteiger partial charge on any atom is 0.394 e. The molecule has 2 amide bonds. The average Bonchev–Trinajstić information content (AvgIpc) is 3.18. The minimum absolute atomic E-state index is 0.445. The smallest absolute Gasteiger partial charge is 0.394 e. The van der Waals surface area contributed by atoms with Crippen molar-refractivity contribution >= 4 is 39.2 Å². The van der Waals surface area contributed by atoms with Gasteiger partial charge in [-0.25, -0.2) is 9.78 Å². The van der Waals surface area contributed by atoms with E-state index >= 15 is 0 Å². The van der Waals surface area contributed by atoms with Crippen molar-refractivity contribution < 1.29 is 27.9 Å². The molecule has 2 aromatic rings. The topological polar surface area (TPSA) is 82.5 Å². The average molecular weight is 399 g/mol. The van der Waals surface area contributed by atoms with Gasteiger partial charge in [0.2, 0.25) is 0 Å². The molecule has 1 saturated carbocycles. The van der Waals surface area contributed by atoms with Crippen molar-refractivity contribution in [1.29, 1.82) is 0 Å². The van der Waals surface area contributed by atoms with Crippen LogP contribution in [-0.2, 0) is 4.79 Å². The third kappa shape index (κ3) is 3.58. The van der Waals surface area contributed by atoms with Gasteiger partial charge in [0.25, 0.3) is 0 Å². The Kier molecular flexibility index (Phi) is 4.25. The van der Waals surface area contributed by atoms with E-state index in [2.05, 4.69) is 10.3 Å². The number of halogens is 3. The summed E-state index contributed by atoms with van der Waals surface area (Å²) in [5, 5.41) is 12.7. The lowest BCUT2D eigenvalue weighted by Gasteiger charge is -2.18. The van der Waals surface area contributed by atoms with Crippen molar-refractivity contribution in [3.63, 3.8) is 0 Å². The maximum absolute atomic E-state index is 13.1. The highest BCUT2D eigenvalue weighted by molar-refractivity contribution is 7.18. The molecule has 0 spiro atoms. The fraction of sp³-hybridized carbons (Fsp3) is 0.471. The summed E-state index contributed by atoms with van der Waals surface area (Å²) in [5.74, 6) is -4.75. The first-order valence-corrected chi connectivity index (χ1v) is 9.30. The molecule has 27 heavy (non-hydrogen) atoms. The molecular weight excluding hydrogens is 383 g/mol. The van der Waals surface area contributed by atoms with Crippen molar-refractivity contribution in [1.82, 2.24) is 9.88 Å². The fourth-order valence-electron chi connectivity index (χ4n) is 3.28. The number of rotatable bonds is 3. The van der Waals surface area contributed by atoms with Gasteiger partial charge in [0, 0.05) is 24.7 Å². The molecule has 10 heteroatoms. The molecule has 2 heterocycles. The van der Waals surface area contributed by atoms with E-state index in [0.717, 1.165) is 33.0 Å². The van der Waals surface area contributed by atoms with Gasteiger partial charge in [-0.1, -0.05) is 0 Å². The SMILES string of the molecule is O=C(O)[C@@H]1CN(C(=O)Nc2ccc3nc(C4CC4)sc3c2)C[C@H]1C(F)(F)F. The van der Waals surface area contributed by atoms with Crippen molar-refractivity contribution in [2.24, 2.45) is 11.8 Å². The molecule has 0 unspecified atom stereocenters. The number of thiazole rings is 1. The highest BCUT2D eigenvalue weighted by Gasteiger charge is 2.53. The van der Waals surface area contributed by atoms with Crippen LogP contribution in [0.1, 0.15) is 23.8 Å². The van der Waals surface area contributed by atoms with Gasteiger partial charge in [-0.15, -0.1) is 11.3 Å². The fourth-order valence-corrected chi connectivity index (χ4v) is 4.45. The van der Waals surface area contributed by atoms with E-state index < -0.39 is 43.1 Å². The lowest BCUT2D eigenvalue weighted by molar-refractivity contribution is -0.187. The molecule has 6 nitrogen and oxygen atoms in total. The van der Waals surface area contributed by atoms with Gasteiger partial charge in [0.15, 0.2) is 0 Å². The van der Waals surface area contributed by atoms with Crippen LogP contribution in [0.5, 0.6) is 0 Å². The van der Waals surface area contributed by atoms with Crippen LogP contribution in [0.4, 0.5) is 23.7 Å². The van der Waals surface area contributed by atoms with E-state index in [0.29, 0.717) is 11.6 Å². The van der Waals surface area contributed by atoms with E-state index in [-0.39, 0.29) is 0 Å². The number of carboxylic acids is 1. The summed E-state index contributed by atoms with van der Waals surface area (Å²) in [7, 11) is 0. The number of nitrogens with zero attached hydrogens (tertiary/aromatic N) is 2. The highest BCUT2D eigenvalue weighted by atomic mass is 32.1. The van der Waals surface area contributed by atoms with Crippen LogP contribution in [0.15, 0.2) is 18.2 Å². The molecule has 0 radical (unpaired) electrons. The molecule has 0 bridgehead atoms. The van der Waals surface area contributed by atoms with Gasteiger partial charge in [-0.05, 0) is 31.0 Å². The second-order valence-corrected chi connectivity index (χ2v) is 8.00. The van der Waals surface area contributed by atoms with Gasteiger partial charge < -0.3 is 15.3 Å². The molecule has 1 saturated heterocycles. The van der Waals surface area contributed by atoms with Gasteiger partial charge in [0.05, 0.1) is 27.1 Å². The number of anilines is 1. The molecule has 144 valence electrons. The minimum Gasteiger partial charge on any atom is -0.481 e. The van der Waals surface area contributed by atoms with Crippen LogP contribution >= 0.6 is 11.3 Å². The zero-order chi connectivity index (χ0) is 19.3. The van der Waals surface area contributed by atoms with Crippen LogP contribution in [0, 0.1) is 11.8 Å². The standard InChI is InChI=1S/C17H16F3N3O3S/c18-17(19,20)11-7-23(6-10(11)15(24)25)16(26)21-9-3-4-12-13(5-9)27-14(22-12)8-1-2-8/h3-5,8,10-11H,1-2,6-7H2,(H,21,26)(H,24,25)/t10-,11-/m1/s1. The van der Waals surface area contributed by atoms with Crippen molar-refractivity contribution in [3.8, 4) is 0 Å². The van der Waals surface area contributed by atoms with E-state index in [1.165, 1.54) is 0 Å². The number of aromatic nitrogens is 1. The van der Waals surface area contributed by atoms with Crippen LogP contribution in [0.25, 0.3) is 10.2 Å². The predicted octanol–water partition coefficient (Wildman–Crippen LogP) is 3.90. The lowest BCUT2D eigenvalue weighted by atomic mass is 9.96. The summed E-state index contributed by atoms with van der Waals surface area (Å²) in [5.41, 5.74) is 1.27. The monoisotopic (exact) mass is 399 g/mol. The Morgan fingerprint density at radius 3 is 2.59 bits per heavy atom. The van der Waals surface area contributed by atoms with E-state index in [1.807, 2.05) is 0 Å². The number of amides is 2. The Labute approximate surface area is 156 Å². The van der Waals surface area contributed by atoms with Gasteiger partial charge in [-0.3, -0.25) is 4.79 Å². The number of alkyl halides is 3.